The fourth-order valence-corrected chi connectivity index (χ4v) is 2.35. The zero-order valence-electron chi connectivity index (χ0n) is 11.9. The van der Waals surface area contributed by atoms with Crippen molar-refractivity contribution in [1.29, 1.82) is 0 Å². The molecule has 1 heterocycles. The van der Waals surface area contributed by atoms with Crippen molar-refractivity contribution in [3.8, 4) is 0 Å². The predicted molar refractivity (Wildman–Crippen MR) is 81.3 cm³/mol. The van der Waals surface area contributed by atoms with E-state index >= 15 is 0 Å². The Morgan fingerprint density at radius 1 is 1.11 bits per heavy atom. The van der Waals surface area contributed by atoms with Crippen molar-refractivity contribution in [2.75, 3.05) is 17.2 Å². The van der Waals surface area contributed by atoms with Crippen molar-refractivity contribution in [2.24, 2.45) is 0 Å². The first-order valence-electron chi connectivity index (χ1n) is 6.64. The van der Waals surface area contributed by atoms with Crippen molar-refractivity contribution in [1.82, 2.24) is 4.98 Å². The highest BCUT2D eigenvalue weighted by Gasteiger charge is 2.11. The Hall–Kier alpha value is -2.03. The number of nitrogens with zero attached hydrogens (tertiary/aromatic N) is 2. The smallest absolute Gasteiger partial charge is 0.0633 e. The van der Waals surface area contributed by atoms with E-state index < -0.39 is 0 Å². The molecule has 0 bridgehead atoms. The molecule has 0 atom stereocenters. The molecule has 0 radical (unpaired) electrons. The van der Waals surface area contributed by atoms with Gasteiger partial charge < -0.3 is 10.6 Å². The average molecular weight is 255 g/mol. The van der Waals surface area contributed by atoms with Gasteiger partial charge in [-0.15, -0.1) is 0 Å². The molecule has 0 spiro atoms. The lowest BCUT2D eigenvalue weighted by Gasteiger charge is -2.26. The molecule has 2 N–H and O–H groups in total. The van der Waals surface area contributed by atoms with Gasteiger partial charge in [-0.05, 0) is 44.5 Å². The fraction of sp³-hybridized carbons (Fsp3) is 0.312. The number of nitrogens with two attached hydrogens (primary N) is 1. The molecule has 1 aromatic carbocycles. The lowest BCUT2D eigenvalue weighted by atomic mass is 10.1. The van der Waals surface area contributed by atoms with Crippen molar-refractivity contribution in [3.63, 3.8) is 0 Å². The van der Waals surface area contributed by atoms with Crippen LogP contribution in [0.2, 0.25) is 0 Å². The van der Waals surface area contributed by atoms with Gasteiger partial charge >= 0.3 is 0 Å². The molecule has 3 heteroatoms. The molecule has 0 aliphatic carbocycles. The van der Waals surface area contributed by atoms with Gasteiger partial charge in [-0.25, -0.2) is 0 Å². The van der Waals surface area contributed by atoms with Gasteiger partial charge in [-0.2, -0.15) is 0 Å². The summed E-state index contributed by atoms with van der Waals surface area (Å²) < 4.78 is 0. The Kier molecular flexibility index (Phi) is 4.05. The Labute approximate surface area is 115 Å². The highest BCUT2D eigenvalue weighted by Crippen LogP contribution is 2.28. The Morgan fingerprint density at radius 2 is 1.84 bits per heavy atom. The molecule has 100 valence electrons. The fourth-order valence-electron chi connectivity index (χ4n) is 2.35. The maximum Gasteiger partial charge on any atom is 0.0633 e. The molecule has 0 fully saturated rings. The maximum atomic E-state index is 6.12. The van der Waals surface area contributed by atoms with Crippen LogP contribution >= 0.6 is 0 Å². The molecule has 0 unspecified atom stereocenters. The molecule has 0 aliphatic rings. The minimum atomic E-state index is 0.785. The number of nitrogen functional groups attached to an aromatic ring is 1. The van der Waals surface area contributed by atoms with Crippen LogP contribution in [0, 0.1) is 13.8 Å². The van der Waals surface area contributed by atoms with Crippen LogP contribution in [0.3, 0.4) is 0 Å². The van der Waals surface area contributed by atoms with Gasteiger partial charge in [0.25, 0.3) is 0 Å². The lowest BCUT2D eigenvalue weighted by Crippen LogP contribution is -2.24. The SMILES string of the molecule is CCN(Cc1cccc(C)n1)c1c(C)cccc1N. The van der Waals surface area contributed by atoms with Gasteiger partial charge in [0.05, 0.1) is 23.6 Å². The van der Waals surface area contributed by atoms with Crippen LogP contribution in [0.5, 0.6) is 0 Å². The molecule has 1 aromatic heterocycles. The average Bonchev–Trinajstić information content (AvgIpc) is 2.37. The maximum absolute atomic E-state index is 6.12. The van der Waals surface area contributed by atoms with E-state index in [1.807, 2.05) is 31.2 Å². The van der Waals surface area contributed by atoms with E-state index in [9.17, 15) is 0 Å². The molecule has 0 saturated carbocycles. The van der Waals surface area contributed by atoms with Crippen molar-refractivity contribution in [2.45, 2.75) is 27.3 Å². The summed E-state index contributed by atoms with van der Waals surface area (Å²) in [4.78, 5) is 6.83. The van der Waals surface area contributed by atoms with Gasteiger partial charge in [0.15, 0.2) is 0 Å². The third kappa shape index (κ3) is 3.05. The highest BCUT2D eigenvalue weighted by atomic mass is 15.1. The second kappa shape index (κ2) is 5.74. The van der Waals surface area contributed by atoms with Crippen LogP contribution in [0.15, 0.2) is 36.4 Å². The zero-order valence-corrected chi connectivity index (χ0v) is 11.9. The van der Waals surface area contributed by atoms with E-state index in [4.69, 9.17) is 5.73 Å². The van der Waals surface area contributed by atoms with Crippen LogP contribution < -0.4 is 10.6 Å². The summed E-state index contributed by atoms with van der Waals surface area (Å²) in [5.74, 6) is 0. The molecule has 3 nitrogen and oxygen atoms in total. The lowest BCUT2D eigenvalue weighted by molar-refractivity contribution is 0.804. The number of hydrogen-bond acceptors (Lipinski definition) is 3. The molecule has 0 aliphatic heterocycles. The van der Waals surface area contributed by atoms with E-state index in [0.717, 1.165) is 35.9 Å². The first-order valence-corrected chi connectivity index (χ1v) is 6.64. The number of aromatic nitrogens is 1. The Bertz CT molecular complexity index is 543. The molecule has 0 amide bonds. The van der Waals surface area contributed by atoms with Gasteiger partial charge in [-0.1, -0.05) is 18.2 Å². The van der Waals surface area contributed by atoms with Crippen LogP contribution in [0.4, 0.5) is 11.4 Å². The summed E-state index contributed by atoms with van der Waals surface area (Å²) in [6, 6.07) is 12.2. The van der Waals surface area contributed by atoms with Crippen LogP contribution in [0.25, 0.3) is 0 Å². The second-order valence-corrected chi connectivity index (χ2v) is 4.80. The summed E-state index contributed by atoms with van der Waals surface area (Å²) in [6.45, 7) is 7.94. The molecule has 0 saturated heterocycles. The van der Waals surface area contributed by atoms with E-state index in [-0.39, 0.29) is 0 Å². The minimum Gasteiger partial charge on any atom is -0.397 e. The largest absolute Gasteiger partial charge is 0.397 e. The number of rotatable bonds is 4. The topological polar surface area (TPSA) is 42.2 Å². The third-order valence-corrected chi connectivity index (χ3v) is 3.27. The number of para-hydroxylation sites is 1. The van der Waals surface area contributed by atoms with Crippen LogP contribution in [-0.2, 0) is 6.54 Å². The Morgan fingerprint density at radius 3 is 2.47 bits per heavy atom. The summed E-state index contributed by atoms with van der Waals surface area (Å²) in [6.07, 6.45) is 0. The van der Waals surface area contributed by atoms with Gasteiger partial charge in [0.1, 0.15) is 0 Å². The summed E-state index contributed by atoms with van der Waals surface area (Å²) in [5.41, 5.74) is 11.4. The molecule has 2 rings (SSSR count). The highest BCUT2D eigenvalue weighted by molar-refractivity contribution is 5.71. The monoisotopic (exact) mass is 255 g/mol. The first kappa shape index (κ1) is 13.4. The normalized spacial score (nSPS) is 10.5. The minimum absolute atomic E-state index is 0.785. The standard InChI is InChI=1S/C16H21N3/c1-4-19(11-14-9-6-8-13(3)18-14)16-12(2)7-5-10-15(16)17/h5-10H,4,11,17H2,1-3H3. The van der Waals surface area contributed by atoms with Crippen LogP contribution in [-0.4, -0.2) is 11.5 Å². The molecule has 19 heavy (non-hydrogen) atoms. The number of anilines is 2. The van der Waals surface area contributed by atoms with Crippen molar-refractivity contribution >= 4 is 11.4 Å². The predicted octanol–water partition coefficient (Wildman–Crippen LogP) is 3.31. The van der Waals surface area contributed by atoms with E-state index in [1.54, 1.807) is 0 Å². The van der Waals surface area contributed by atoms with Crippen LogP contribution in [0.1, 0.15) is 23.9 Å². The molecular weight excluding hydrogens is 234 g/mol. The van der Waals surface area contributed by atoms with Gasteiger partial charge in [-0.3, -0.25) is 4.98 Å². The third-order valence-electron chi connectivity index (χ3n) is 3.27. The quantitative estimate of drug-likeness (QED) is 0.852. The number of hydrogen-bond donors (Lipinski definition) is 1. The first-order chi connectivity index (χ1) is 9.11. The summed E-state index contributed by atoms with van der Waals surface area (Å²) in [5, 5.41) is 0. The summed E-state index contributed by atoms with van der Waals surface area (Å²) in [7, 11) is 0. The summed E-state index contributed by atoms with van der Waals surface area (Å²) >= 11 is 0. The Balaban J connectivity index is 2.30. The number of aryl methyl sites for hydroxylation is 2. The van der Waals surface area contributed by atoms with E-state index in [1.165, 1.54) is 5.56 Å². The van der Waals surface area contributed by atoms with E-state index in [2.05, 4.69) is 35.9 Å². The second-order valence-electron chi connectivity index (χ2n) is 4.80. The van der Waals surface area contributed by atoms with Crippen molar-refractivity contribution in [3.05, 3.63) is 53.3 Å². The van der Waals surface area contributed by atoms with Gasteiger partial charge in [0.2, 0.25) is 0 Å². The zero-order chi connectivity index (χ0) is 13.8. The van der Waals surface area contributed by atoms with E-state index in [0.29, 0.717) is 0 Å². The van der Waals surface area contributed by atoms with Crippen molar-refractivity contribution < 1.29 is 0 Å². The van der Waals surface area contributed by atoms with Gasteiger partial charge in [0, 0.05) is 12.2 Å². The molecular formula is C16H21N3. The molecule has 2 aromatic rings. The number of pyridine rings is 1. The number of benzene rings is 1.